The Kier molecular flexibility index (Phi) is 4.68. The first-order chi connectivity index (χ1) is 12.9. The van der Waals surface area contributed by atoms with Crippen LogP contribution in [0.5, 0.6) is 5.75 Å². The van der Waals surface area contributed by atoms with Crippen LogP contribution in [-0.4, -0.2) is 17.1 Å². The molecule has 4 nitrogen and oxygen atoms in total. The fraction of sp³-hybridized carbons (Fsp3) is 0.619. The predicted octanol–water partition coefficient (Wildman–Crippen LogP) is 4.88. The Morgan fingerprint density at radius 3 is 2.74 bits per heavy atom. The van der Waals surface area contributed by atoms with Gasteiger partial charge in [0.05, 0.1) is 18.1 Å². The predicted molar refractivity (Wildman–Crippen MR) is 100 cm³/mol. The van der Waals surface area contributed by atoms with E-state index in [2.05, 4.69) is 16.9 Å². The van der Waals surface area contributed by atoms with Crippen molar-refractivity contribution in [1.29, 1.82) is 0 Å². The minimum Gasteiger partial charge on any atom is -0.497 e. The van der Waals surface area contributed by atoms with Crippen LogP contribution < -0.4 is 10.3 Å². The molecule has 1 N–H and O–H groups in total. The van der Waals surface area contributed by atoms with Gasteiger partial charge in [-0.05, 0) is 49.1 Å². The van der Waals surface area contributed by atoms with Crippen molar-refractivity contribution in [3.8, 4) is 5.75 Å². The number of benzene rings is 1. The van der Waals surface area contributed by atoms with E-state index < -0.39 is 23.1 Å². The second-order valence-electron chi connectivity index (χ2n) is 8.27. The van der Waals surface area contributed by atoms with Crippen molar-refractivity contribution in [3.05, 3.63) is 34.2 Å². The summed E-state index contributed by atoms with van der Waals surface area (Å²) in [4.78, 5) is 18.8. The number of halogens is 2. The van der Waals surface area contributed by atoms with Gasteiger partial charge < -0.3 is 9.72 Å². The number of fused-ring (bicyclic) bond motifs is 1. The Hall–Kier alpha value is -1.98. The zero-order chi connectivity index (χ0) is 19.2. The highest BCUT2D eigenvalue weighted by atomic mass is 19.3. The molecule has 3 unspecified atom stereocenters. The van der Waals surface area contributed by atoms with Crippen LogP contribution in [0, 0.1) is 23.7 Å². The number of hydrogen-bond acceptors (Lipinski definition) is 3. The number of hydrogen-bond donors (Lipinski definition) is 1. The largest absolute Gasteiger partial charge is 0.497 e. The normalized spacial score (nSPS) is 27.9. The molecule has 2 saturated carbocycles. The molecule has 0 bridgehead atoms. The second kappa shape index (κ2) is 6.88. The van der Waals surface area contributed by atoms with E-state index in [4.69, 9.17) is 4.74 Å². The second-order valence-corrected chi connectivity index (χ2v) is 8.27. The molecule has 1 aromatic carbocycles. The summed E-state index contributed by atoms with van der Waals surface area (Å²) in [5.41, 5.74) is -0.707. The van der Waals surface area contributed by atoms with Gasteiger partial charge in [0.1, 0.15) is 5.75 Å². The average Bonchev–Trinajstić information content (AvgIpc) is 3.33. The lowest BCUT2D eigenvalue weighted by molar-refractivity contribution is -0.0398. The zero-order valence-electron chi connectivity index (χ0n) is 15.8. The first-order valence-electron chi connectivity index (χ1n) is 9.86. The Morgan fingerprint density at radius 2 is 2.04 bits per heavy atom. The van der Waals surface area contributed by atoms with Crippen LogP contribution in [0.3, 0.4) is 0 Å². The van der Waals surface area contributed by atoms with Gasteiger partial charge in [0.2, 0.25) is 0 Å². The summed E-state index contributed by atoms with van der Waals surface area (Å²) in [5, 5.41) is 0. The minimum atomic E-state index is -3.19. The van der Waals surface area contributed by atoms with Crippen molar-refractivity contribution < 1.29 is 13.5 Å². The molecule has 0 aliphatic heterocycles. The quantitative estimate of drug-likeness (QED) is 0.782. The maximum absolute atomic E-state index is 15.0. The van der Waals surface area contributed by atoms with Crippen LogP contribution >= 0.6 is 0 Å². The van der Waals surface area contributed by atoms with E-state index in [-0.39, 0.29) is 5.92 Å². The average molecular weight is 376 g/mol. The number of aromatic nitrogens is 2. The molecule has 1 aromatic heterocycles. The fourth-order valence-electron chi connectivity index (χ4n) is 4.68. The van der Waals surface area contributed by atoms with Crippen LogP contribution in [0.25, 0.3) is 11.0 Å². The van der Waals surface area contributed by atoms with E-state index in [1.807, 2.05) is 0 Å². The minimum absolute atomic E-state index is 0.000523. The molecule has 4 rings (SSSR count). The van der Waals surface area contributed by atoms with E-state index >= 15 is 0 Å². The third-order valence-electron chi connectivity index (χ3n) is 6.55. The van der Waals surface area contributed by atoms with Gasteiger partial charge in [-0.25, -0.2) is 4.98 Å². The molecular formula is C21H26F2N2O2. The molecule has 6 heteroatoms. The Balaban J connectivity index is 1.50. The fourth-order valence-corrected chi connectivity index (χ4v) is 4.68. The number of rotatable bonds is 6. The Labute approximate surface area is 157 Å². The molecule has 27 heavy (non-hydrogen) atoms. The number of methoxy groups -OCH3 is 1. The molecule has 2 fully saturated rings. The lowest BCUT2D eigenvalue weighted by Gasteiger charge is -2.17. The van der Waals surface area contributed by atoms with E-state index in [1.54, 1.807) is 18.2 Å². The molecule has 2 aromatic rings. The molecule has 0 saturated heterocycles. The first-order valence-corrected chi connectivity index (χ1v) is 9.86. The first kappa shape index (κ1) is 18.4. The SMILES string of the molecule is COc1ccc2nc(C(F)(F)C3CC3CC[C@@H]3CCCC3C)c(=O)[nH]c2c1. The number of aromatic amines is 1. The molecule has 4 atom stereocenters. The van der Waals surface area contributed by atoms with Gasteiger partial charge in [0.25, 0.3) is 11.5 Å². The van der Waals surface area contributed by atoms with Gasteiger partial charge in [-0.3, -0.25) is 4.79 Å². The van der Waals surface area contributed by atoms with Crippen molar-refractivity contribution in [2.45, 2.75) is 51.4 Å². The van der Waals surface area contributed by atoms with Gasteiger partial charge in [-0.1, -0.05) is 26.2 Å². The molecule has 0 spiro atoms. The maximum atomic E-state index is 15.0. The molecule has 2 aliphatic rings. The van der Waals surface area contributed by atoms with Crippen molar-refractivity contribution >= 4 is 11.0 Å². The summed E-state index contributed by atoms with van der Waals surface area (Å²) < 4.78 is 35.1. The van der Waals surface area contributed by atoms with Crippen molar-refractivity contribution in [2.24, 2.45) is 23.7 Å². The van der Waals surface area contributed by atoms with E-state index in [9.17, 15) is 13.6 Å². The molecule has 2 aliphatic carbocycles. The summed E-state index contributed by atoms with van der Waals surface area (Å²) >= 11 is 0. The van der Waals surface area contributed by atoms with Crippen LogP contribution in [0.1, 0.15) is 51.1 Å². The molecular weight excluding hydrogens is 350 g/mol. The highest BCUT2D eigenvalue weighted by Gasteiger charge is 2.57. The van der Waals surface area contributed by atoms with Gasteiger partial charge >= 0.3 is 0 Å². The van der Waals surface area contributed by atoms with Crippen molar-refractivity contribution in [2.75, 3.05) is 7.11 Å². The molecule has 1 heterocycles. The third-order valence-corrected chi connectivity index (χ3v) is 6.55. The molecule has 0 amide bonds. The van der Waals surface area contributed by atoms with E-state index in [1.165, 1.54) is 26.4 Å². The lowest BCUT2D eigenvalue weighted by atomic mass is 9.91. The summed E-state index contributed by atoms with van der Waals surface area (Å²) in [5.74, 6) is -2.02. The third kappa shape index (κ3) is 3.46. The van der Waals surface area contributed by atoms with Crippen LogP contribution in [0.4, 0.5) is 8.78 Å². The summed E-state index contributed by atoms with van der Waals surface area (Å²) in [6.45, 7) is 2.27. The topological polar surface area (TPSA) is 55.0 Å². The van der Waals surface area contributed by atoms with Crippen LogP contribution in [0.2, 0.25) is 0 Å². The zero-order valence-corrected chi connectivity index (χ0v) is 15.8. The molecule has 146 valence electrons. The monoisotopic (exact) mass is 376 g/mol. The lowest BCUT2D eigenvalue weighted by Crippen LogP contribution is -2.29. The summed E-state index contributed by atoms with van der Waals surface area (Å²) in [6.07, 6.45) is 6.09. The number of alkyl halides is 2. The summed E-state index contributed by atoms with van der Waals surface area (Å²) in [7, 11) is 1.51. The Morgan fingerprint density at radius 1 is 1.26 bits per heavy atom. The van der Waals surface area contributed by atoms with E-state index in [0.717, 1.165) is 12.8 Å². The number of nitrogens with zero attached hydrogens (tertiary/aromatic N) is 1. The number of H-pyrrole nitrogens is 1. The highest BCUT2D eigenvalue weighted by molar-refractivity contribution is 5.75. The van der Waals surface area contributed by atoms with E-state index in [0.29, 0.717) is 35.0 Å². The van der Waals surface area contributed by atoms with Crippen molar-refractivity contribution in [1.82, 2.24) is 9.97 Å². The molecule has 0 radical (unpaired) electrons. The van der Waals surface area contributed by atoms with Gasteiger partial charge in [-0.15, -0.1) is 0 Å². The smallest absolute Gasteiger partial charge is 0.298 e. The maximum Gasteiger partial charge on any atom is 0.298 e. The number of nitrogens with one attached hydrogen (secondary N) is 1. The van der Waals surface area contributed by atoms with Gasteiger partial charge in [0, 0.05) is 12.0 Å². The Bertz CT molecular complexity index is 895. The van der Waals surface area contributed by atoms with Gasteiger partial charge in [0.15, 0.2) is 5.69 Å². The summed E-state index contributed by atoms with van der Waals surface area (Å²) in [6, 6.07) is 4.84. The highest BCUT2D eigenvalue weighted by Crippen LogP contribution is 2.56. The van der Waals surface area contributed by atoms with Crippen LogP contribution in [0.15, 0.2) is 23.0 Å². The number of ether oxygens (including phenoxy) is 1. The van der Waals surface area contributed by atoms with Gasteiger partial charge in [-0.2, -0.15) is 8.78 Å². The van der Waals surface area contributed by atoms with Crippen molar-refractivity contribution in [3.63, 3.8) is 0 Å². The standard InChI is InChI=1S/C21H26F2N2O2/c1-12-4-3-5-13(12)6-7-14-10-16(14)21(22,23)19-20(26)25-18-11-15(27-2)8-9-17(18)24-19/h8-9,11-14,16H,3-7,10H2,1-2H3,(H,25,26)/t12?,13-,14?,16?/m0/s1. The van der Waals surface area contributed by atoms with Crippen LogP contribution in [-0.2, 0) is 5.92 Å².